The molecule has 2 aromatic rings. The second-order valence-corrected chi connectivity index (χ2v) is 5.26. The SMILES string of the molecule is CCN(Cc1ccc(C#N)cc1F)C(=O)COc1cccnc1Cl. The molecular weight excluding hydrogens is 333 g/mol. The maximum absolute atomic E-state index is 14.0. The second-order valence-electron chi connectivity index (χ2n) is 4.91. The number of nitriles is 1. The predicted octanol–water partition coefficient (Wildman–Crippen LogP) is 3.17. The molecule has 0 radical (unpaired) electrons. The molecular formula is C17H15ClFN3O2. The summed E-state index contributed by atoms with van der Waals surface area (Å²) in [5.74, 6) is -0.508. The molecule has 0 saturated heterocycles. The molecule has 24 heavy (non-hydrogen) atoms. The van der Waals surface area contributed by atoms with Crippen LogP contribution in [0.4, 0.5) is 4.39 Å². The monoisotopic (exact) mass is 347 g/mol. The third-order valence-electron chi connectivity index (χ3n) is 3.35. The van der Waals surface area contributed by atoms with E-state index < -0.39 is 5.82 Å². The van der Waals surface area contributed by atoms with Crippen molar-refractivity contribution >= 4 is 17.5 Å². The van der Waals surface area contributed by atoms with Crippen LogP contribution in [0.1, 0.15) is 18.1 Å². The van der Waals surface area contributed by atoms with Crippen LogP contribution in [0.3, 0.4) is 0 Å². The quantitative estimate of drug-likeness (QED) is 0.753. The lowest BCUT2D eigenvalue weighted by molar-refractivity contribution is -0.133. The zero-order chi connectivity index (χ0) is 17.5. The molecule has 0 unspecified atom stereocenters. The third kappa shape index (κ3) is 4.43. The standard InChI is InChI=1S/C17H15ClFN3O2/c1-2-22(10-13-6-5-12(9-20)8-14(13)19)16(23)11-24-15-4-3-7-21-17(15)18/h3-8H,2,10-11H2,1H3. The Hall–Kier alpha value is -2.65. The van der Waals surface area contributed by atoms with Crippen LogP contribution in [-0.4, -0.2) is 28.9 Å². The number of benzene rings is 1. The Bertz CT molecular complexity index is 777. The molecule has 0 atom stereocenters. The van der Waals surface area contributed by atoms with Gasteiger partial charge in [0, 0.05) is 24.8 Å². The molecule has 1 aromatic heterocycles. The lowest BCUT2D eigenvalue weighted by Crippen LogP contribution is -2.34. The third-order valence-corrected chi connectivity index (χ3v) is 3.64. The summed E-state index contributed by atoms with van der Waals surface area (Å²) >= 11 is 5.86. The van der Waals surface area contributed by atoms with Crippen molar-refractivity contribution in [3.8, 4) is 11.8 Å². The van der Waals surface area contributed by atoms with Gasteiger partial charge in [-0.1, -0.05) is 17.7 Å². The summed E-state index contributed by atoms with van der Waals surface area (Å²) < 4.78 is 19.3. The van der Waals surface area contributed by atoms with Gasteiger partial charge in [-0.2, -0.15) is 5.26 Å². The number of aromatic nitrogens is 1. The lowest BCUT2D eigenvalue weighted by atomic mass is 10.1. The number of hydrogen-bond acceptors (Lipinski definition) is 4. The average molecular weight is 348 g/mol. The molecule has 5 nitrogen and oxygen atoms in total. The fourth-order valence-electron chi connectivity index (χ4n) is 2.04. The molecule has 0 aliphatic carbocycles. The van der Waals surface area contributed by atoms with Crippen molar-refractivity contribution in [1.29, 1.82) is 5.26 Å². The van der Waals surface area contributed by atoms with Crippen molar-refractivity contribution in [3.05, 3.63) is 58.6 Å². The van der Waals surface area contributed by atoms with E-state index in [9.17, 15) is 9.18 Å². The van der Waals surface area contributed by atoms with E-state index in [0.29, 0.717) is 17.9 Å². The summed E-state index contributed by atoms with van der Waals surface area (Å²) in [6.07, 6.45) is 1.52. The number of ether oxygens (including phenoxy) is 1. The van der Waals surface area contributed by atoms with Crippen molar-refractivity contribution in [2.75, 3.05) is 13.2 Å². The maximum atomic E-state index is 14.0. The van der Waals surface area contributed by atoms with Gasteiger partial charge in [0.1, 0.15) is 5.82 Å². The van der Waals surface area contributed by atoms with Crippen LogP contribution in [0.25, 0.3) is 0 Å². The van der Waals surface area contributed by atoms with Crippen molar-refractivity contribution in [3.63, 3.8) is 0 Å². The molecule has 0 aliphatic heterocycles. The minimum Gasteiger partial charge on any atom is -0.481 e. The van der Waals surface area contributed by atoms with Crippen molar-refractivity contribution < 1.29 is 13.9 Å². The number of carbonyl (C=O) groups excluding carboxylic acids is 1. The minimum atomic E-state index is -0.517. The molecule has 7 heteroatoms. The molecule has 0 aliphatic rings. The van der Waals surface area contributed by atoms with Gasteiger partial charge in [-0.15, -0.1) is 0 Å². The largest absolute Gasteiger partial charge is 0.481 e. The second kappa shape index (κ2) is 8.27. The highest BCUT2D eigenvalue weighted by Gasteiger charge is 2.16. The zero-order valence-corrected chi connectivity index (χ0v) is 13.8. The van der Waals surface area contributed by atoms with E-state index in [4.69, 9.17) is 21.6 Å². The topological polar surface area (TPSA) is 66.2 Å². The van der Waals surface area contributed by atoms with Gasteiger partial charge in [-0.25, -0.2) is 9.37 Å². The van der Waals surface area contributed by atoms with Gasteiger partial charge in [0.15, 0.2) is 17.5 Å². The smallest absolute Gasteiger partial charge is 0.260 e. The van der Waals surface area contributed by atoms with Crippen molar-refractivity contribution in [1.82, 2.24) is 9.88 Å². The highest BCUT2D eigenvalue weighted by Crippen LogP contribution is 2.20. The van der Waals surface area contributed by atoms with Gasteiger partial charge in [-0.05, 0) is 31.2 Å². The Morgan fingerprint density at radius 1 is 1.46 bits per heavy atom. The van der Waals surface area contributed by atoms with Gasteiger partial charge >= 0.3 is 0 Å². The first-order chi connectivity index (χ1) is 11.5. The summed E-state index contributed by atoms with van der Waals surface area (Å²) in [6.45, 7) is 2.05. The first-order valence-electron chi connectivity index (χ1n) is 7.24. The summed E-state index contributed by atoms with van der Waals surface area (Å²) in [6, 6.07) is 9.30. The van der Waals surface area contributed by atoms with E-state index in [-0.39, 0.29) is 29.8 Å². The molecule has 0 N–H and O–H groups in total. The Kier molecular flexibility index (Phi) is 6.10. The van der Waals surface area contributed by atoms with Crippen molar-refractivity contribution in [2.24, 2.45) is 0 Å². The van der Waals surface area contributed by atoms with Gasteiger partial charge in [-0.3, -0.25) is 4.79 Å². The number of rotatable bonds is 6. The van der Waals surface area contributed by atoms with Gasteiger partial charge in [0.2, 0.25) is 0 Å². The normalized spacial score (nSPS) is 10.1. The number of hydrogen-bond donors (Lipinski definition) is 0. The first-order valence-corrected chi connectivity index (χ1v) is 7.62. The average Bonchev–Trinajstić information content (AvgIpc) is 2.59. The van der Waals surface area contributed by atoms with E-state index >= 15 is 0 Å². The van der Waals surface area contributed by atoms with Crippen LogP contribution in [0.5, 0.6) is 5.75 Å². The van der Waals surface area contributed by atoms with Crippen LogP contribution >= 0.6 is 11.6 Å². The molecule has 0 saturated carbocycles. The molecule has 1 heterocycles. The summed E-state index contributed by atoms with van der Waals surface area (Å²) in [5, 5.41) is 8.93. The van der Waals surface area contributed by atoms with E-state index in [1.165, 1.54) is 23.2 Å². The van der Waals surface area contributed by atoms with Gasteiger partial charge in [0.05, 0.1) is 11.6 Å². The van der Waals surface area contributed by atoms with E-state index in [1.54, 1.807) is 19.1 Å². The highest BCUT2D eigenvalue weighted by molar-refractivity contribution is 6.30. The molecule has 1 amide bonds. The maximum Gasteiger partial charge on any atom is 0.260 e. The van der Waals surface area contributed by atoms with Crippen LogP contribution in [0.15, 0.2) is 36.5 Å². The summed E-state index contributed by atoms with van der Waals surface area (Å²) in [4.78, 5) is 17.6. The van der Waals surface area contributed by atoms with Crippen LogP contribution in [0, 0.1) is 17.1 Å². The summed E-state index contributed by atoms with van der Waals surface area (Å²) in [7, 11) is 0. The van der Waals surface area contributed by atoms with Crippen LogP contribution < -0.4 is 4.74 Å². The Labute approximate surface area is 144 Å². The van der Waals surface area contributed by atoms with Gasteiger partial charge < -0.3 is 9.64 Å². The molecule has 0 bridgehead atoms. The van der Waals surface area contributed by atoms with E-state index in [1.807, 2.05) is 6.07 Å². The number of carbonyl (C=O) groups is 1. The van der Waals surface area contributed by atoms with Crippen LogP contribution in [0.2, 0.25) is 5.15 Å². The number of amides is 1. The molecule has 2 rings (SSSR count). The number of likely N-dealkylation sites (N-methyl/N-ethyl adjacent to an activating group) is 1. The van der Waals surface area contributed by atoms with Gasteiger partial charge in [0.25, 0.3) is 5.91 Å². The predicted molar refractivity (Wildman–Crippen MR) is 86.9 cm³/mol. The summed E-state index contributed by atoms with van der Waals surface area (Å²) in [5.41, 5.74) is 0.573. The number of nitrogens with zero attached hydrogens (tertiary/aromatic N) is 3. The first kappa shape index (κ1) is 17.7. The molecule has 0 spiro atoms. The molecule has 1 aromatic carbocycles. The lowest BCUT2D eigenvalue weighted by Gasteiger charge is -2.21. The fourth-order valence-corrected chi connectivity index (χ4v) is 2.21. The molecule has 0 fully saturated rings. The Morgan fingerprint density at radius 2 is 2.25 bits per heavy atom. The Balaban J connectivity index is 2.02. The van der Waals surface area contributed by atoms with Crippen LogP contribution in [-0.2, 0) is 11.3 Å². The highest BCUT2D eigenvalue weighted by atomic mass is 35.5. The zero-order valence-electron chi connectivity index (χ0n) is 13.0. The van der Waals surface area contributed by atoms with E-state index in [0.717, 1.165) is 6.07 Å². The van der Waals surface area contributed by atoms with E-state index in [2.05, 4.69) is 4.98 Å². The number of pyridine rings is 1. The number of halogens is 2. The fraction of sp³-hybridized carbons (Fsp3) is 0.235. The Morgan fingerprint density at radius 3 is 2.88 bits per heavy atom. The minimum absolute atomic E-state index is 0.0943. The van der Waals surface area contributed by atoms with Crippen molar-refractivity contribution in [2.45, 2.75) is 13.5 Å². The molecule has 124 valence electrons.